The molecule has 1 fully saturated rings. The Kier molecular flexibility index (Phi) is 1.64. The largest absolute Gasteiger partial charge is 0.276 e. The van der Waals surface area contributed by atoms with E-state index in [1.165, 1.54) is 17.9 Å². The molecule has 0 aromatic carbocycles. The summed E-state index contributed by atoms with van der Waals surface area (Å²) < 4.78 is 0. The van der Waals surface area contributed by atoms with Crippen molar-refractivity contribution in [1.29, 1.82) is 0 Å². The summed E-state index contributed by atoms with van der Waals surface area (Å²) >= 11 is 1.83. The first-order valence-corrected chi connectivity index (χ1v) is 5.83. The lowest BCUT2D eigenvalue weighted by molar-refractivity contribution is -0.00690. The normalized spacial score (nSPS) is 43.3. The standard InChI is InChI=1S/C10H17NS/c1-9(2)6-10(3)7(9)5-8(11-10)12-4/h7H,5-6H2,1-4H3. The van der Waals surface area contributed by atoms with Gasteiger partial charge in [-0.15, -0.1) is 11.8 Å². The maximum atomic E-state index is 4.78. The van der Waals surface area contributed by atoms with E-state index in [2.05, 4.69) is 27.0 Å². The van der Waals surface area contributed by atoms with Gasteiger partial charge in [0.05, 0.1) is 10.6 Å². The van der Waals surface area contributed by atoms with Crippen molar-refractivity contribution in [2.24, 2.45) is 16.3 Å². The summed E-state index contributed by atoms with van der Waals surface area (Å²) in [6.07, 6.45) is 4.64. The zero-order valence-electron chi connectivity index (χ0n) is 8.35. The first-order valence-electron chi connectivity index (χ1n) is 4.61. The molecule has 2 aliphatic rings. The second kappa shape index (κ2) is 2.28. The van der Waals surface area contributed by atoms with Crippen LogP contribution >= 0.6 is 11.8 Å². The van der Waals surface area contributed by atoms with Crippen molar-refractivity contribution in [2.75, 3.05) is 6.26 Å². The summed E-state index contributed by atoms with van der Waals surface area (Å²) in [7, 11) is 0. The van der Waals surface area contributed by atoms with Gasteiger partial charge in [0.1, 0.15) is 0 Å². The number of thioether (sulfide) groups is 1. The Bertz CT molecular complexity index is 244. The third-order valence-electron chi connectivity index (χ3n) is 3.50. The molecule has 1 aliphatic heterocycles. The summed E-state index contributed by atoms with van der Waals surface area (Å²) in [4.78, 5) is 4.78. The summed E-state index contributed by atoms with van der Waals surface area (Å²) in [5.74, 6) is 0.812. The van der Waals surface area contributed by atoms with Crippen molar-refractivity contribution in [3.05, 3.63) is 0 Å². The Morgan fingerprint density at radius 3 is 2.50 bits per heavy atom. The van der Waals surface area contributed by atoms with Crippen molar-refractivity contribution in [2.45, 2.75) is 39.2 Å². The Morgan fingerprint density at radius 2 is 2.08 bits per heavy atom. The van der Waals surface area contributed by atoms with E-state index >= 15 is 0 Å². The second-order valence-electron chi connectivity index (χ2n) is 4.99. The Labute approximate surface area is 79.0 Å². The summed E-state index contributed by atoms with van der Waals surface area (Å²) in [5.41, 5.74) is 0.845. The Balaban J connectivity index is 2.19. The predicted octanol–water partition coefficient (Wildman–Crippen LogP) is 2.96. The molecule has 2 rings (SSSR count). The molecule has 0 radical (unpaired) electrons. The van der Waals surface area contributed by atoms with Gasteiger partial charge in [0.2, 0.25) is 0 Å². The lowest BCUT2D eigenvalue weighted by Gasteiger charge is -2.54. The molecule has 1 heterocycles. The average Bonchev–Trinajstić information content (AvgIpc) is 2.22. The number of hydrogen-bond donors (Lipinski definition) is 0. The molecular weight excluding hydrogens is 166 g/mol. The number of aliphatic imine (C=N–C) groups is 1. The molecule has 0 aromatic rings. The minimum Gasteiger partial charge on any atom is -0.276 e. The van der Waals surface area contributed by atoms with Crippen LogP contribution in [0.1, 0.15) is 33.6 Å². The van der Waals surface area contributed by atoms with Gasteiger partial charge >= 0.3 is 0 Å². The van der Waals surface area contributed by atoms with Crippen molar-refractivity contribution in [3.8, 4) is 0 Å². The molecule has 2 atom stereocenters. The number of rotatable bonds is 0. The van der Waals surface area contributed by atoms with Crippen LogP contribution in [0.2, 0.25) is 0 Å². The van der Waals surface area contributed by atoms with Crippen LogP contribution in [-0.2, 0) is 0 Å². The van der Waals surface area contributed by atoms with E-state index in [0.29, 0.717) is 11.0 Å². The molecule has 12 heavy (non-hydrogen) atoms. The Morgan fingerprint density at radius 1 is 1.42 bits per heavy atom. The number of nitrogens with zero attached hydrogens (tertiary/aromatic N) is 1. The van der Waals surface area contributed by atoms with Gasteiger partial charge in [-0.05, 0) is 30.9 Å². The average molecular weight is 183 g/mol. The van der Waals surface area contributed by atoms with E-state index in [1.54, 1.807) is 0 Å². The fourth-order valence-corrected chi connectivity index (χ4v) is 3.76. The highest BCUT2D eigenvalue weighted by atomic mass is 32.2. The summed E-state index contributed by atoms with van der Waals surface area (Å²) in [6, 6.07) is 0. The van der Waals surface area contributed by atoms with Gasteiger partial charge < -0.3 is 0 Å². The zero-order chi connectivity index (χ0) is 8.98. The van der Waals surface area contributed by atoms with Gasteiger partial charge in [-0.2, -0.15) is 0 Å². The third-order valence-corrected chi connectivity index (χ3v) is 4.23. The highest BCUT2D eigenvalue weighted by Gasteiger charge is 2.58. The van der Waals surface area contributed by atoms with E-state index < -0.39 is 0 Å². The molecule has 1 saturated carbocycles. The lowest BCUT2D eigenvalue weighted by atomic mass is 9.52. The lowest BCUT2D eigenvalue weighted by Crippen LogP contribution is -2.53. The smallest absolute Gasteiger partial charge is 0.0684 e. The van der Waals surface area contributed by atoms with E-state index in [-0.39, 0.29) is 0 Å². The highest BCUT2D eigenvalue weighted by Crippen LogP contribution is 2.60. The van der Waals surface area contributed by atoms with Crippen LogP contribution in [0.25, 0.3) is 0 Å². The monoisotopic (exact) mass is 183 g/mol. The molecule has 0 N–H and O–H groups in total. The van der Waals surface area contributed by atoms with E-state index in [4.69, 9.17) is 4.99 Å². The van der Waals surface area contributed by atoms with Crippen molar-refractivity contribution in [3.63, 3.8) is 0 Å². The number of hydrogen-bond acceptors (Lipinski definition) is 2. The third kappa shape index (κ3) is 0.968. The van der Waals surface area contributed by atoms with E-state index in [1.807, 2.05) is 11.8 Å². The molecule has 2 heteroatoms. The van der Waals surface area contributed by atoms with Crippen LogP contribution in [-0.4, -0.2) is 16.8 Å². The first kappa shape index (κ1) is 8.61. The van der Waals surface area contributed by atoms with Gasteiger partial charge in [0.15, 0.2) is 0 Å². The van der Waals surface area contributed by atoms with Crippen LogP contribution in [0.3, 0.4) is 0 Å². The van der Waals surface area contributed by atoms with Crippen molar-refractivity contribution in [1.82, 2.24) is 0 Å². The van der Waals surface area contributed by atoms with Crippen LogP contribution in [0.4, 0.5) is 0 Å². The molecule has 68 valence electrons. The minimum absolute atomic E-state index is 0.307. The summed E-state index contributed by atoms with van der Waals surface area (Å²) in [5, 5.41) is 1.37. The van der Waals surface area contributed by atoms with Gasteiger partial charge in [0, 0.05) is 6.42 Å². The zero-order valence-corrected chi connectivity index (χ0v) is 9.16. The molecule has 0 bridgehead atoms. The number of fused-ring (bicyclic) bond motifs is 1. The van der Waals surface area contributed by atoms with Crippen LogP contribution in [0, 0.1) is 11.3 Å². The summed E-state index contributed by atoms with van der Waals surface area (Å²) in [6.45, 7) is 7.06. The molecule has 1 aliphatic carbocycles. The van der Waals surface area contributed by atoms with Crippen LogP contribution in [0.5, 0.6) is 0 Å². The molecular formula is C10H17NS. The highest BCUT2D eigenvalue weighted by molar-refractivity contribution is 8.13. The van der Waals surface area contributed by atoms with Gasteiger partial charge in [0.25, 0.3) is 0 Å². The van der Waals surface area contributed by atoms with E-state index in [0.717, 1.165) is 5.92 Å². The van der Waals surface area contributed by atoms with E-state index in [9.17, 15) is 0 Å². The predicted molar refractivity (Wildman–Crippen MR) is 55.9 cm³/mol. The molecule has 0 saturated heterocycles. The molecule has 1 nitrogen and oxygen atoms in total. The fraction of sp³-hybridized carbons (Fsp3) is 0.900. The molecule has 0 spiro atoms. The van der Waals surface area contributed by atoms with Gasteiger partial charge in [-0.25, -0.2) is 0 Å². The maximum Gasteiger partial charge on any atom is 0.0684 e. The van der Waals surface area contributed by atoms with Crippen LogP contribution in [0.15, 0.2) is 4.99 Å². The molecule has 0 amide bonds. The van der Waals surface area contributed by atoms with Crippen LogP contribution < -0.4 is 0 Å². The molecule has 2 unspecified atom stereocenters. The second-order valence-corrected chi connectivity index (χ2v) is 5.87. The van der Waals surface area contributed by atoms with Crippen molar-refractivity contribution < 1.29 is 0 Å². The maximum absolute atomic E-state index is 4.78. The SMILES string of the molecule is CSC1=NC2(C)CC(C)(C)C2C1. The van der Waals surface area contributed by atoms with Gasteiger partial charge in [-0.3, -0.25) is 4.99 Å². The van der Waals surface area contributed by atoms with Gasteiger partial charge in [-0.1, -0.05) is 13.8 Å². The topological polar surface area (TPSA) is 12.4 Å². The molecule has 0 aromatic heterocycles. The quantitative estimate of drug-likeness (QED) is 0.562. The van der Waals surface area contributed by atoms with Crippen molar-refractivity contribution >= 4 is 16.8 Å². The first-order chi connectivity index (χ1) is 5.48. The minimum atomic E-state index is 0.307. The Hall–Kier alpha value is 0.0200. The fourth-order valence-electron chi connectivity index (χ4n) is 3.13.